The zero-order valence-corrected chi connectivity index (χ0v) is 11.4. The quantitative estimate of drug-likeness (QED) is 0.772. The Hall–Kier alpha value is -1.09. The standard InChI is InChI=1S/C11H16BNO5S/c1-9-3-2-8-13(9)19(16,17)11-6-4-10(5-7-11)18-12(14)15/h4-7,9,14-15H,2-3,8H2,1H3. The van der Waals surface area contributed by atoms with Crippen LogP contribution in [0.15, 0.2) is 29.2 Å². The molecule has 1 fully saturated rings. The SMILES string of the molecule is CC1CCCN1S(=O)(=O)c1ccc(OB(O)O)cc1. The number of rotatable bonds is 4. The Kier molecular flexibility index (Phi) is 4.15. The van der Waals surface area contributed by atoms with Crippen LogP contribution in [-0.4, -0.2) is 42.7 Å². The highest BCUT2D eigenvalue weighted by atomic mass is 32.2. The molecule has 0 amide bonds. The first-order valence-corrected chi connectivity index (χ1v) is 7.50. The molecule has 0 aliphatic carbocycles. The van der Waals surface area contributed by atoms with Gasteiger partial charge in [0.25, 0.3) is 0 Å². The van der Waals surface area contributed by atoms with E-state index in [4.69, 9.17) is 10.0 Å². The highest BCUT2D eigenvalue weighted by Crippen LogP contribution is 2.26. The molecule has 0 radical (unpaired) electrons. The van der Waals surface area contributed by atoms with Gasteiger partial charge >= 0.3 is 7.32 Å². The van der Waals surface area contributed by atoms with E-state index in [-0.39, 0.29) is 16.7 Å². The van der Waals surface area contributed by atoms with Crippen LogP contribution < -0.4 is 4.65 Å². The maximum atomic E-state index is 12.4. The van der Waals surface area contributed by atoms with Crippen molar-refractivity contribution in [2.24, 2.45) is 0 Å². The summed E-state index contributed by atoms with van der Waals surface area (Å²) in [5.74, 6) is 0.198. The molecule has 0 spiro atoms. The topological polar surface area (TPSA) is 87.1 Å². The van der Waals surface area contributed by atoms with Crippen LogP contribution in [-0.2, 0) is 10.0 Å². The molecule has 1 aromatic rings. The predicted molar refractivity (Wildman–Crippen MR) is 69.8 cm³/mol. The molecule has 0 bridgehead atoms. The molecule has 2 rings (SSSR count). The maximum absolute atomic E-state index is 12.4. The summed E-state index contributed by atoms with van der Waals surface area (Å²) in [6, 6.07) is 5.61. The van der Waals surface area contributed by atoms with E-state index in [2.05, 4.69) is 4.65 Å². The molecule has 1 aromatic carbocycles. The van der Waals surface area contributed by atoms with E-state index >= 15 is 0 Å². The summed E-state index contributed by atoms with van der Waals surface area (Å²) in [6.45, 7) is 2.43. The number of sulfonamides is 1. The van der Waals surface area contributed by atoms with Gasteiger partial charge in [0.1, 0.15) is 5.75 Å². The molecule has 19 heavy (non-hydrogen) atoms. The fourth-order valence-corrected chi connectivity index (χ4v) is 3.91. The molecule has 1 unspecified atom stereocenters. The molecule has 2 N–H and O–H groups in total. The smallest absolute Gasteiger partial charge is 0.512 e. The summed E-state index contributed by atoms with van der Waals surface area (Å²) in [4.78, 5) is 0.182. The summed E-state index contributed by atoms with van der Waals surface area (Å²) in [5, 5.41) is 17.3. The van der Waals surface area contributed by atoms with Crippen LogP contribution in [0.3, 0.4) is 0 Å². The van der Waals surface area contributed by atoms with E-state index < -0.39 is 17.3 Å². The molecule has 6 nitrogen and oxygen atoms in total. The zero-order valence-electron chi connectivity index (χ0n) is 10.6. The average molecular weight is 285 g/mol. The van der Waals surface area contributed by atoms with Crippen molar-refractivity contribution in [2.75, 3.05) is 6.54 Å². The van der Waals surface area contributed by atoms with Crippen molar-refractivity contribution in [1.82, 2.24) is 4.31 Å². The Bertz CT molecular complexity index is 531. The third kappa shape index (κ3) is 3.09. The predicted octanol–water partition coefficient (Wildman–Crippen LogP) is 0.208. The number of hydrogen-bond donors (Lipinski definition) is 2. The van der Waals surface area contributed by atoms with Crippen molar-refractivity contribution in [3.8, 4) is 5.75 Å². The summed E-state index contributed by atoms with van der Waals surface area (Å²) < 4.78 is 30.9. The van der Waals surface area contributed by atoms with Crippen molar-refractivity contribution < 1.29 is 23.1 Å². The highest BCUT2D eigenvalue weighted by Gasteiger charge is 2.32. The highest BCUT2D eigenvalue weighted by molar-refractivity contribution is 7.89. The van der Waals surface area contributed by atoms with E-state index in [1.54, 1.807) is 0 Å². The van der Waals surface area contributed by atoms with Crippen molar-refractivity contribution in [2.45, 2.75) is 30.7 Å². The van der Waals surface area contributed by atoms with Gasteiger partial charge in [-0.2, -0.15) is 4.31 Å². The second-order valence-electron chi connectivity index (χ2n) is 4.52. The van der Waals surface area contributed by atoms with Crippen LogP contribution in [0.5, 0.6) is 5.75 Å². The van der Waals surface area contributed by atoms with Gasteiger partial charge in [-0.05, 0) is 44.0 Å². The molecule has 104 valence electrons. The van der Waals surface area contributed by atoms with Crippen molar-refractivity contribution in [3.05, 3.63) is 24.3 Å². The third-order valence-electron chi connectivity index (χ3n) is 3.16. The minimum Gasteiger partial charge on any atom is -0.512 e. The van der Waals surface area contributed by atoms with Crippen LogP contribution in [0.25, 0.3) is 0 Å². The Balaban J connectivity index is 2.21. The Morgan fingerprint density at radius 3 is 2.42 bits per heavy atom. The van der Waals surface area contributed by atoms with Crippen molar-refractivity contribution >= 4 is 17.3 Å². The maximum Gasteiger partial charge on any atom is 0.707 e. The molecule has 1 heterocycles. The Morgan fingerprint density at radius 2 is 1.95 bits per heavy atom. The first-order valence-electron chi connectivity index (χ1n) is 6.06. The van der Waals surface area contributed by atoms with E-state index in [0.29, 0.717) is 6.54 Å². The van der Waals surface area contributed by atoms with Gasteiger partial charge in [0.15, 0.2) is 0 Å². The monoisotopic (exact) mass is 285 g/mol. The number of hydrogen-bond acceptors (Lipinski definition) is 5. The lowest BCUT2D eigenvalue weighted by molar-refractivity contribution is 0.288. The van der Waals surface area contributed by atoms with Crippen molar-refractivity contribution in [3.63, 3.8) is 0 Å². The van der Waals surface area contributed by atoms with Crippen molar-refractivity contribution in [1.29, 1.82) is 0 Å². The molecule has 1 aliphatic heterocycles. The van der Waals surface area contributed by atoms with Crippen LogP contribution in [0.1, 0.15) is 19.8 Å². The molecule has 1 saturated heterocycles. The minimum atomic E-state index is -3.48. The van der Waals surface area contributed by atoms with Gasteiger partial charge in [0, 0.05) is 12.6 Å². The second kappa shape index (κ2) is 5.50. The third-order valence-corrected chi connectivity index (χ3v) is 5.19. The van der Waals surface area contributed by atoms with Gasteiger partial charge in [-0.3, -0.25) is 0 Å². The van der Waals surface area contributed by atoms with Gasteiger partial charge in [-0.15, -0.1) is 0 Å². The van der Waals surface area contributed by atoms with Crippen LogP contribution >= 0.6 is 0 Å². The van der Waals surface area contributed by atoms with E-state index in [1.165, 1.54) is 28.6 Å². The summed E-state index contributed by atoms with van der Waals surface area (Å²) in [7, 11) is -5.40. The lowest BCUT2D eigenvalue weighted by atomic mass is 10.2. The largest absolute Gasteiger partial charge is 0.707 e. The molecule has 1 aliphatic rings. The summed E-state index contributed by atoms with van der Waals surface area (Å²) in [5.41, 5.74) is 0. The minimum absolute atomic E-state index is 0.0141. The average Bonchev–Trinajstić information content (AvgIpc) is 2.76. The molecular weight excluding hydrogens is 269 g/mol. The first-order chi connectivity index (χ1) is 8.91. The van der Waals surface area contributed by atoms with E-state index in [9.17, 15) is 8.42 Å². The lowest BCUT2D eigenvalue weighted by Gasteiger charge is -2.21. The van der Waals surface area contributed by atoms with E-state index in [0.717, 1.165) is 12.8 Å². The molecule has 8 heteroatoms. The van der Waals surface area contributed by atoms with Gasteiger partial charge in [0.2, 0.25) is 10.0 Å². The fraction of sp³-hybridized carbons (Fsp3) is 0.455. The van der Waals surface area contributed by atoms with Crippen LogP contribution in [0.2, 0.25) is 0 Å². The molecular formula is C11H16BNO5S. The Labute approximate surface area is 112 Å². The lowest BCUT2D eigenvalue weighted by Crippen LogP contribution is -2.33. The summed E-state index contributed by atoms with van der Waals surface area (Å²) in [6.07, 6.45) is 1.75. The normalized spacial score (nSPS) is 20.5. The van der Waals surface area contributed by atoms with Gasteiger partial charge in [0.05, 0.1) is 4.90 Å². The zero-order chi connectivity index (χ0) is 14.0. The van der Waals surface area contributed by atoms with Crippen LogP contribution in [0.4, 0.5) is 0 Å². The molecule has 1 atom stereocenters. The van der Waals surface area contributed by atoms with Gasteiger partial charge < -0.3 is 14.7 Å². The second-order valence-corrected chi connectivity index (χ2v) is 6.41. The van der Waals surface area contributed by atoms with Gasteiger partial charge in [-0.25, -0.2) is 8.42 Å². The molecule has 0 aromatic heterocycles. The van der Waals surface area contributed by atoms with E-state index in [1.807, 2.05) is 6.92 Å². The number of nitrogens with zero attached hydrogens (tertiary/aromatic N) is 1. The molecule has 0 saturated carbocycles. The summed E-state index contributed by atoms with van der Waals surface area (Å²) >= 11 is 0. The van der Waals surface area contributed by atoms with Crippen LogP contribution in [0, 0.1) is 0 Å². The fourth-order valence-electron chi connectivity index (χ4n) is 2.21. The first kappa shape index (κ1) is 14.3. The Morgan fingerprint density at radius 1 is 1.32 bits per heavy atom. The number of benzene rings is 1. The van der Waals surface area contributed by atoms with Gasteiger partial charge in [-0.1, -0.05) is 0 Å².